The SMILES string of the molecule is CCC(=O)C1CCC(NC(=O)COCCNC(=O)CO)CC1. The van der Waals surface area contributed by atoms with Crippen LogP contribution in [0.4, 0.5) is 0 Å². The molecule has 3 N–H and O–H groups in total. The van der Waals surface area contributed by atoms with Crippen molar-refractivity contribution in [3.8, 4) is 0 Å². The minimum atomic E-state index is -0.552. The number of carbonyl (C=O) groups excluding carboxylic acids is 3. The van der Waals surface area contributed by atoms with Crippen LogP contribution in [0.25, 0.3) is 0 Å². The van der Waals surface area contributed by atoms with E-state index in [0.717, 1.165) is 25.7 Å². The number of ketones is 1. The zero-order chi connectivity index (χ0) is 16.4. The number of Topliss-reactive ketones (excluding diaryl/α,β-unsaturated/α-hetero) is 1. The largest absolute Gasteiger partial charge is 0.387 e. The number of ether oxygens (including phenoxy) is 1. The first-order valence-corrected chi connectivity index (χ1v) is 7.84. The van der Waals surface area contributed by atoms with Gasteiger partial charge in [0, 0.05) is 24.9 Å². The Bertz CT molecular complexity index is 378. The van der Waals surface area contributed by atoms with Gasteiger partial charge in [-0.1, -0.05) is 6.92 Å². The normalized spacial score (nSPS) is 21.2. The van der Waals surface area contributed by atoms with Crippen LogP contribution in [-0.4, -0.2) is 55.1 Å². The summed E-state index contributed by atoms with van der Waals surface area (Å²) in [4.78, 5) is 34.1. The molecular weight excluding hydrogens is 288 g/mol. The molecule has 0 unspecified atom stereocenters. The lowest BCUT2D eigenvalue weighted by molar-refractivity contribution is -0.126. The highest BCUT2D eigenvalue weighted by atomic mass is 16.5. The van der Waals surface area contributed by atoms with E-state index in [1.165, 1.54) is 0 Å². The Labute approximate surface area is 130 Å². The molecule has 0 radical (unpaired) electrons. The second kappa shape index (κ2) is 10.3. The quantitative estimate of drug-likeness (QED) is 0.510. The molecule has 126 valence electrons. The average molecular weight is 314 g/mol. The predicted molar refractivity (Wildman–Crippen MR) is 80.1 cm³/mol. The first-order valence-electron chi connectivity index (χ1n) is 7.84. The molecule has 22 heavy (non-hydrogen) atoms. The highest BCUT2D eigenvalue weighted by Gasteiger charge is 2.25. The fourth-order valence-corrected chi connectivity index (χ4v) is 2.60. The molecule has 0 aliphatic heterocycles. The average Bonchev–Trinajstić information content (AvgIpc) is 2.54. The molecule has 0 aromatic heterocycles. The zero-order valence-corrected chi connectivity index (χ0v) is 13.1. The van der Waals surface area contributed by atoms with E-state index < -0.39 is 12.5 Å². The van der Waals surface area contributed by atoms with Crippen LogP contribution >= 0.6 is 0 Å². The van der Waals surface area contributed by atoms with E-state index in [4.69, 9.17) is 9.84 Å². The van der Waals surface area contributed by atoms with Crippen molar-refractivity contribution >= 4 is 17.6 Å². The highest BCUT2D eigenvalue weighted by Crippen LogP contribution is 2.25. The van der Waals surface area contributed by atoms with E-state index in [2.05, 4.69) is 10.6 Å². The maximum atomic E-state index is 11.7. The summed E-state index contributed by atoms with van der Waals surface area (Å²) in [5.74, 6) is -0.173. The summed E-state index contributed by atoms with van der Waals surface area (Å²) in [6.45, 7) is 1.76. The van der Waals surface area contributed by atoms with Gasteiger partial charge in [0.25, 0.3) is 0 Å². The van der Waals surface area contributed by atoms with Gasteiger partial charge in [-0.2, -0.15) is 0 Å². The number of hydrogen-bond acceptors (Lipinski definition) is 5. The first-order chi connectivity index (χ1) is 10.6. The minimum Gasteiger partial charge on any atom is -0.387 e. The van der Waals surface area contributed by atoms with Crippen LogP contribution in [0.3, 0.4) is 0 Å². The van der Waals surface area contributed by atoms with Crippen molar-refractivity contribution in [1.29, 1.82) is 0 Å². The predicted octanol–water partition coefficient (Wildman–Crippen LogP) is -0.234. The van der Waals surface area contributed by atoms with Crippen molar-refractivity contribution in [2.45, 2.75) is 45.1 Å². The molecule has 1 rings (SSSR count). The van der Waals surface area contributed by atoms with Crippen LogP contribution in [0.2, 0.25) is 0 Å². The number of rotatable bonds is 9. The summed E-state index contributed by atoms with van der Waals surface area (Å²) in [7, 11) is 0. The lowest BCUT2D eigenvalue weighted by atomic mass is 9.83. The number of nitrogens with one attached hydrogen (secondary N) is 2. The molecular formula is C15H26N2O5. The second-order valence-electron chi connectivity index (χ2n) is 5.50. The summed E-state index contributed by atoms with van der Waals surface area (Å²) in [6.07, 6.45) is 3.92. The third kappa shape index (κ3) is 7.00. The topological polar surface area (TPSA) is 105 Å². The monoisotopic (exact) mass is 314 g/mol. The molecule has 0 spiro atoms. The summed E-state index contributed by atoms with van der Waals surface area (Å²) < 4.78 is 5.15. The fourth-order valence-electron chi connectivity index (χ4n) is 2.60. The lowest BCUT2D eigenvalue weighted by Gasteiger charge is -2.28. The van der Waals surface area contributed by atoms with Crippen LogP contribution in [0.15, 0.2) is 0 Å². The number of carbonyl (C=O) groups is 3. The van der Waals surface area contributed by atoms with E-state index in [1.807, 2.05) is 6.92 Å². The van der Waals surface area contributed by atoms with Gasteiger partial charge >= 0.3 is 0 Å². The molecule has 1 aliphatic rings. The van der Waals surface area contributed by atoms with Crippen LogP contribution in [-0.2, 0) is 19.1 Å². The van der Waals surface area contributed by atoms with E-state index in [-0.39, 0.29) is 37.6 Å². The van der Waals surface area contributed by atoms with Crippen molar-refractivity contribution in [3.63, 3.8) is 0 Å². The maximum Gasteiger partial charge on any atom is 0.246 e. The lowest BCUT2D eigenvalue weighted by Crippen LogP contribution is -2.40. The molecule has 1 aliphatic carbocycles. The van der Waals surface area contributed by atoms with Crippen LogP contribution in [0.5, 0.6) is 0 Å². The van der Waals surface area contributed by atoms with Gasteiger partial charge in [0.15, 0.2) is 0 Å². The van der Waals surface area contributed by atoms with Crippen molar-refractivity contribution in [2.24, 2.45) is 5.92 Å². The van der Waals surface area contributed by atoms with E-state index >= 15 is 0 Å². The maximum absolute atomic E-state index is 11.7. The van der Waals surface area contributed by atoms with Crippen LogP contribution in [0, 0.1) is 5.92 Å². The third-order valence-electron chi connectivity index (χ3n) is 3.84. The Hall–Kier alpha value is -1.47. The van der Waals surface area contributed by atoms with Crippen molar-refractivity contribution in [3.05, 3.63) is 0 Å². The second-order valence-corrected chi connectivity index (χ2v) is 5.50. The van der Waals surface area contributed by atoms with Gasteiger partial charge in [0.1, 0.15) is 19.0 Å². The van der Waals surface area contributed by atoms with Crippen molar-refractivity contribution in [1.82, 2.24) is 10.6 Å². The number of aliphatic hydroxyl groups excluding tert-OH is 1. The van der Waals surface area contributed by atoms with Gasteiger partial charge < -0.3 is 20.5 Å². The van der Waals surface area contributed by atoms with Crippen LogP contribution < -0.4 is 10.6 Å². The summed E-state index contributed by atoms with van der Waals surface area (Å²) in [6, 6.07) is 0.117. The molecule has 0 saturated heterocycles. The zero-order valence-electron chi connectivity index (χ0n) is 13.1. The Morgan fingerprint density at radius 1 is 1.14 bits per heavy atom. The Morgan fingerprint density at radius 3 is 2.41 bits per heavy atom. The fraction of sp³-hybridized carbons (Fsp3) is 0.800. The smallest absolute Gasteiger partial charge is 0.246 e. The van der Waals surface area contributed by atoms with E-state index in [9.17, 15) is 14.4 Å². The molecule has 1 saturated carbocycles. The third-order valence-corrected chi connectivity index (χ3v) is 3.84. The Balaban J connectivity index is 2.08. The van der Waals surface area contributed by atoms with Gasteiger partial charge in [-0.25, -0.2) is 0 Å². The van der Waals surface area contributed by atoms with Crippen molar-refractivity contribution in [2.75, 3.05) is 26.4 Å². The molecule has 7 heteroatoms. The summed E-state index contributed by atoms with van der Waals surface area (Å²) >= 11 is 0. The summed E-state index contributed by atoms with van der Waals surface area (Å²) in [5.41, 5.74) is 0. The van der Waals surface area contributed by atoms with Gasteiger partial charge in [0.05, 0.1) is 6.61 Å². The Morgan fingerprint density at radius 2 is 1.82 bits per heavy atom. The molecule has 0 atom stereocenters. The van der Waals surface area contributed by atoms with Crippen LogP contribution in [0.1, 0.15) is 39.0 Å². The highest BCUT2D eigenvalue weighted by molar-refractivity contribution is 5.81. The number of amides is 2. The minimum absolute atomic E-state index is 0.0528. The standard InChI is InChI=1S/C15H26N2O5/c1-2-13(19)11-3-5-12(6-4-11)17-15(21)10-22-8-7-16-14(20)9-18/h11-12,18H,2-10H2,1H3,(H,16,20)(H,17,21). The van der Waals surface area contributed by atoms with Gasteiger partial charge in [-0.05, 0) is 25.7 Å². The molecule has 7 nitrogen and oxygen atoms in total. The van der Waals surface area contributed by atoms with E-state index in [1.54, 1.807) is 0 Å². The molecule has 0 bridgehead atoms. The van der Waals surface area contributed by atoms with Gasteiger partial charge in [0.2, 0.25) is 11.8 Å². The summed E-state index contributed by atoms with van der Waals surface area (Å²) in [5, 5.41) is 13.8. The molecule has 2 amide bonds. The number of aliphatic hydroxyl groups is 1. The van der Waals surface area contributed by atoms with E-state index in [0.29, 0.717) is 12.2 Å². The molecule has 0 heterocycles. The first kappa shape index (κ1) is 18.6. The van der Waals surface area contributed by atoms with Gasteiger partial charge in [-0.3, -0.25) is 14.4 Å². The molecule has 0 aromatic rings. The molecule has 0 aromatic carbocycles. The van der Waals surface area contributed by atoms with Gasteiger partial charge in [-0.15, -0.1) is 0 Å². The Kier molecular flexibility index (Phi) is 8.69. The molecule has 1 fully saturated rings. The number of hydrogen-bond donors (Lipinski definition) is 3. The van der Waals surface area contributed by atoms with Crippen molar-refractivity contribution < 1.29 is 24.2 Å².